The van der Waals surface area contributed by atoms with Crippen molar-refractivity contribution in [3.05, 3.63) is 29.8 Å². The number of nitrogen functional groups attached to an aromatic ring is 1. The molecule has 0 spiro atoms. The van der Waals surface area contributed by atoms with Crippen molar-refractivity contribution in [2.75, 3.05) is 24.4 Å². The van der Waals surface area contributed by atoms with Crippen molar-refractivity contribution in [3.8, 4) is 5.75 Å². The predicted molar refractivity (Wildman–Crippen MR) is 83.3 cm³/mol. The molecule has 0 aliphatic heterocycles. The average Bonchev–Trinajstić information content (AvgIpc) is 2.79. The fraction of sp³-hybridized carbons (Fsp3) is 0.308. The molecule has 1 unspecified atom stereocenters. The van der Waals surface area contributed by atoms with Crippen LogP contribution in [0.3, 0.4) is 0 Å². The lowest BCUT2D eigenvalue weighted by Gasteiger charge is -2.15. The van der Waals surface area contributed by atoms with Crippen LogP contribution < -0.4 is 15.8 Å². The summed E-state index contributed by atoms with van der Waals surface area (Å²) in [6.45, 7) is 2.11. The number of benzene rings is 1. The number of hydrogen-bond acceptors (Lipinski definition) is 6. The van der Waals surface area contributed by atoms with E-state index in [1.807, 2.05) is 18.4 Å². The number of nitrogens with two attached hydrogens (primary N) is 1. The van der Waals surface area contributed by atoms with Gasteiger partial charge in [-0.2, -0.15) is 4.37 Å². The van der Waals surface area contributed by atoms with Crippen LogP contribution in [0, 0.1) is 0 Å². The summed E-state index contributed by atoms with van der Waals surface area (Å²) in [5.74, 6) is 1.46. The highest BCUT2D eigenvalue weighted by molar-refractivity contribution is 7.99. The number of aromatic nitrogens is 1. The van der Waals surface area contributed by atoms with E-state index < -0.39 is 0 Å². The monoisotopic (exact) mass is 295 g/mol. The maximum Gasteiger partial charge on any atom is 0.153 e. The molecule has 0 fully saturated rings. The van der Waals surface area contributed by atoms with Crippen LogP contribution in [0.4, 0.5) is 10.8 Å². The van der Waals surface area contributed by atoms with E-state index in [4.69, 9.17) is 10.5 Å². The molecule has 2 rings (SSSR count). The molecule has 0 bridgehead atoms. The first-order valence-electron chi connectivity index (χ1n) is 5.85. The van der Waals surface area contributed by atoms with Crippen LogP contribution in [0.15, 0.2) is 29.2 Å². The fourth-order valence-electron chi connectivity index (χ4n) is 1.76. The molecule has 0 aliphatic rings. The summed E-state index contributed by atoms with van der Waals surface area (Å²) in [5, 5.41) is 4.47. The van der Waals surface area contributed by atoms with Crippen molar-refractivity contribution in [1.29, 1.82) is 0 Å². The normalized spacial score (nSPS) is 12.2. The van der Waals surface area contributed by atoms with Gasteiger partial charge in [-0.3, -0.25) is 0 Å². The molecule has 1 heterocycles. The van der Waals surface area contributed by atoms with E-state index in [0.717, 1.165) is 15.6 Å². The highest BCUT2D eigenvalue weighted by Crippen LogP contribution is 2.36. The minimum absolute atomic E-state index is 0.191. The summed E-state index contributed by atoms with van der Waals surface area (Å²) in [5.41, 5.74) is 7.02. The molecule has 0 saturated carbocycles. The van der Waals surface area contributed by atoms with Crippen LogP contribution in [-0.4, -0.2) is 17.7 Å². The molecule has 1 atom stereocenters. The quantitative estimate of drug-likeness (QED) is 0.825. The fourth-order valence-corrected chi connectivity index (χ4v) is 3.37. The third kappa shape index (κ3) is 3.13. The van der Waals surface area contributed by atoms with Crippen LogP contribution >= 0.6 is 23.3 Å². The van der Waals surface area contributed by atoms with Crippen LogP contribution in [0.2, 0.25) is 0 Å². The molecule has 3 N–H and O–H groups in total. The second-order valence-corrected chi connectivity index (χ2v) is 5.66. The molecule has 0 amide bonds. The lowest BCUT2D eigenvalue weighted by atomic mass is 10.1. The van der Waals surface area contributed by atoms with Crippen molar-refractivity contribution in [3.63, 3.8) is 0 Å². The number of ether oxygens (including phenoxy) is 1. The van der Waals surface area contributed by atoms with E-state index in [2.05, 4.69) is 28.7 Å². The van der Waals surface area contributed by atoms with Gasteiger partial charge >= 0.3 is 0 Å². The molecule has 4 nitrogen and oxygen atoms in total. The molecule has 0 radical (unpaired) electrons. The summed E-state index contributed by atoms with van der Waals surface area (Å²) in [4.78, 5) is 1.02. The Kier molecular flexibility index (Phi) is 4.55. The molecule has 0 aliphatic carbocycles. The van der Waals surface area contributed by atoms with E-state index in [1.165, 1.54) is 17.1 Å². The van der Waals surface area contributed by atoms with Crippen LogP contribution in [0.1, 0.15) is 18.5 Å². The SMILES string of the molecule is COc1ccc(C(C)Nc2snc(N)c2SC)cc1. The van der Waals surface area contributed by atoms with Gasteiger partial charge < -0.3 is 15.8 Å². The second kappa shape index (κ2) is 6.16. The first-order valence-corrected chi connectivity index (χ1v) is 7.85. The van der Waals surface area contributed by atoms with Crippen molar-refractivity contribution in [2.45, 2.75) is 17.9 Å². The van der Waals surface area contributed by atoms with Crippen LogP contribution in [-0.2, 0) is 0 Å². The highest BCUT2D eigenvalue weighted by Gasteiger charge is 2.13. The Balaban J connectivity index is 2.13. The largest absolute Gasteiger partial charge is 0.497 e. The van der Waals surface area contributed by atoms with Gasteiger partial charge in [0, 0.05) is 6.04 Å². The maximum absolute atomic E-state index is 5.83. The standard InChI is InChI=1S/C13H17N3OS2/c1-8(9-4-6-10(17-2)7-5-9)15-13-11(18-3)12(14)16-19-13/h4-8,15H,1-3H3,(H2,14,16). The Morgan fingerprint density at radius 2 is 2.05 bits per heavy atom. The molecule has 0 saturated heterocycles. The van der Waals surface area contributed by atoms with Gasteiger partial charge in [-0.15, -0.1) is 11.8 Å². The maximum atomic E-state index is 5.83. The predicted octanol–water partition coefficient (Wildman–Crippen LogP) is 3.63. The van der Waals surface area contributed by atoms with Crippen molar-refractivity contribution in [2.24, 2.45) is 0 Å². The molecular formula is C13H17N3OS2. The topological polar surface area (TPSA) is 60.2 Å². The Morgan fingerprint density at radius 1 is 1.37 bits per heavy atom. The van der Waals surface area contributed by atoms with Crippen molar-refractivity contribution in [1.82, 2.24) is 4.37 Å². The summed E-state index contributed by atoms with van der Waals surface area (Å²) in [7, 11) is 1.67. The third-order valence-electron chi connectivity index (χ3n) is 2.84. The number of hydrogen-bond donors (Lipinski definition) is 2. The smallest absolute Gasteiger partial charge is 0.153 e. The molecule has 102 valence electrons. The molecule has 1 aromatic heterocycles. The minimum atomic E-state index is 0.191. The molecule has 6 heteroatoms. The molecular weight excluding hydrogens is 278 g/mol. The van der Waals surface area contributed by atoms with Gasteiger partial charge in [0.15, 0.2) is 5.82 Å². The lowest BCUT2D eigenvalue weighted by molar-refractivity contribution is 0.414. The van der Waals surface area contributed by atoms with Gasteiger partial charge in [-0.05, 0) is 42.4 Å². The molecule has 19 heavy (non-hydrogen) atoms. The second-order valence-electron chi connectivity index (χ2n) is 4.07. The highest BCUT2D eigenvalue weighted by atomic mass is 32.2. The number of methoxy groups -OCH3 is 1. The Hall–Kier alpha value is -1.40. The van der Waals surface area contributed by atoms with Crippen molar-refractivity contribution >= 4 is 34.1 Å². The number of nitrogens with zero attached hydrogens (tertiary/aromatic N) is 1. The summed E-state index contributed by atoms with van der Waals surface area (Å²) >= 11 is 3.01. The van der Waals surface area contributed by atoms with Gasteiger partial charge in [0.1, 0.15) is 10.8 Å². The lowest BCUT2D eigenvalue weighted by Crippen LogP contribution is -2.06. The first-order chi connectivity index (χ1) is 9.15. The molecule has 1 aromatic carbocycles. The van der Waals surface area contributed by atoms with Gasteiger partial charge in [0.25, 0.3) is 0 Å². The zero-order chi connectivity index (χ0) is 13.8. The van der Waals surface area contributed by atoms with Crippen molar-refractivity contribution < 1.29 is 4.74 Å². The summed E-state index contributed by atoms with van der Waals surface area (Å²) in [6.07, 6.45) is 2.00. The van der Waals surface area contributed by atoms with E-state index in [0.29, 0.717) is 5.82 Å². The number of thioether (sulfide) groups is 1. The number of anilines is 2. The van der Waals surface area contributed by atoms with Gasteiger partial charge in [-0.1, -0.05) is 12.1 Å². The number of nitrogens with one attached hydrogen (secondary N) is 1. The van der Waals surface area contributed by atoms with Gasteiger partial charge in [-0.25, -0.2) is 0 Å². The first kappa shape index (κ1) is 14.0. The summed E-state index contributed by atoms with van der Waals surface area (Å²) in [6, 6.07) is 8.23. The Bertz CT molecular complexity index is 539. The van der Waals surface area contributed by atoms with E-state index >= 15 is 0 Å². The van der Waals surface area contributed by atoms with Crippen LogP contribution in [0.25, 0.3) is 0 Å². The van der Waals surface area contributed by atoms with Gasteiger partial charge in [0.05, 0.1) is 12.0 Å². The van der Waals surface area contributed by atoms with E-state index in [-0.39, 0.29) is 6.04 Å². The van der Waals surface area contributed by atoms with E-state index in [1.54, 1.807) is 18.9 Å². The average molecular weight is 295 g/mol. The summed E-state index contributed by atoms with van der Waals surface area (Å²) < 4.78 is 9.34. The molecule has 2 aromatic rings. The van der Waals surface area contributed by atoms with E-state index in [9.17, 15) is 0 Å². The minimum Gasteiger partial charge on any atom is -0.497 e. The Labute approximate surface area is 121 Å². The zero-order valence-corrected chi connectivity index (χ0v) is 12.8. The van der Waals surface area contributed by atoms with Crippen LogP contribution in [0.5, 0.6) is 5.75 Å². The Morgan fingerprint density at radius 3 is 2.63 bits per heavy atom. The van der Waals surface area contributed by atoms with Gasteiger partial charge in [0.2, 0.25) is 0 Å². The third-order valence-corrected chi connectivity index (χ3v) is 4.58. The number of rotatable bonds is 5. The zero-order valence-electron chi connectivity index (χ0n) is 11.1.